The van der Waals surface area contributed by atoms with E-state index in [2.05, 4.69) is 15.2 Å². The van der Waals surface area contributed by atoms with Crippen LogP contribution in [0.25, 0.3) is 22.1 Å². The largest absolute Gasteiger partial charge is 0.327 e. The Morgan fingerprint density at radius 2 is 2.26 bits per heavy atom. The van der Waals surface area contributed by atoms with Gasteiger partial charge in [-0.3, -0.25) is 0 Å². The average Bonchev–Trinajstić information content (AvgIpc) is 2.69. The molecule has 0 atom stereocenters. The summed E-state index contributed by atoms with van der Waals surface area (Å²) in [6, 6.07) is 6.53. The Kier molecular flexibility index (Phi) is 2.80. The molecule has 0 N–H and O–H groups in total. The van der Waals surface area contributed by atoms with E-state index in [0.29, 0.717) is 21.7 Å². The molecule has 0 bridgehead atoms. The van der Waals surface area contributed by atoms with Gasteiger partial charge in [-0.25, -0.2) is 9.37 Å². The van der Waals surface area contributed by atoms with Crippen LogP contribution in [-0.2, 0) is 7.05 Å². The summed E-state index contributed by atoms with van der Waals surface area (Å²) in [6.45, 7) is 0. The molecule has 3 aromatic rings. The van der Waals surface area contributed by atoms with Crippen molar-refractivity contribution in [2.75, 3.05) is 5.75 Å². The van der Waals surface area contributed by atoms with Gasteiger partial charge in [0.25, 0.3) is 0 Å². The lowest BCUT2D eigenvalue weighted by Crippen LogP contribution is -1.95. The van der Waals surface area contributed by atoms with E-state index in [9.17, 15) is 4.39 Å². The number of benzene rings is 1. The Labute approximate surface area is 112 Å². The third-order valence-electron chi connectivity index (χ3n) is 2.81. The Hall–Kier alpha value is -2.20. The van der Waals surface area contributed by atoms with E-state index in [4.69, 9.17) is 5.26 Å². The first-order valence-corrected chi connectivity index (χ1v) is 6.47. The Morgan fingerprint density at radius 3 is 3.05 bits per heavy atom. The number of hydrogen-bond acceptors (Lipinski definition) is 5. The second kappa shape index (κ2) is 4.48. The van der Waals surface area contributed by atoms with E-state index in [-0.39, 0.29) is 11.6 Å². The lowest BCUT2D eigenvalue weighted by atomic mass is 10.2. The molecular formula is C12H8FN5S. The average molecular weight is 273 g/mol. The molecule has 0 spiro atoms. The number of halogens is 1. The molecule has 7 heteroatoms. The van der Waals surface area contributed by atoms with Crippen LogP contribution < -0.4 is 0 Å². The van der Waals surface area contributed by atoms with E-state index < -0.39 is 0 Å². The van der Waals surface area contributed by atoms with Crippen molar-refractivity contribution in [3.8, 4) is 6.07 Å². The monoisotopic (exact) mass is 273 g/mol. The van der Waals surface area contributed by atoms with Crippen molar-refractivity contribution in [3.05, 3.63) is 24.0 Å². The normalized spacial score (nSPS) is 11.0. The predicted octanol–water partition coefficient (Wildman–Crippen LogP) is 2.27. The fraction of sp³-hybridized carbons (Fsp3) is 0.167. The second-order valence-corrected chi connectivity index (χ2v) is 4.88. The highest BCUT2D eigenvalue weighted by atomic mass is 32.2. The van der Waals surface area contributed by atoms with Crippen molar-refractivity contribution >= 4 is 33.8 Å². The summed E-state index contributed by atoms with van der Waals surface area (Å²) in [5.74, 6) is -0.0455. The molecule has 0 aliphatic rings. The summed E-state index contributed by atoms with van der Waals surface area (Å²) in [5.41, 5.74) is 2.05. The highest BCUT2D eigenvalue weighted by molar-refractivity contribution is 7.99. The minimum Gasteiger partial charge on any atom is -0.327 e. The smallest absolute Gasteiger partial charge is 0.212 e. The van der Waals surface area contributed by atoms with Crippen molar-refractivity contribution in [2.24, 2.45) is 7.05 Å². The number of nitriles is 1. The summed E-state index contributed by atoms with van der Waals surface area (Å²) in [4.78, 5) is 4.36. The van der Waals surface area contributed by atoms with E-state index in [1.54, 1.807) is 6.07 Å². The number of thioether (sulfide) groups is 1. The van der Waals surface area contributed by atoms with Gasteiger partial charge >= 0.3 is 0 Å². The predicted molar refractivity (Wildman–Crippen MR) is 70.1 cm³/mol. The molecule has 2 heterocycles. The van der Waals surface area contributed by atoms with E-state index >= 15 is 0 Å². The van der Waals surface area contributed by atoms with Gasteiger partial charge in [0, 0.05) is 12.4 Å². The van der Waals surface area contributed by atoms with Crippen LogP contribution in [0.5, 0.6) is 0 Å². The molecular weight excluding hydrogens is 265 g/mol. The molecule has 0 aliphatic carbocycles. The van der Waals surface area contributed by atoms with Crippen LogP contribution in [0.3, 0.4) is 0 Å². The zero-order valence-corrected chi connectivity index (χ0v) is 10.8. The molecule has 0 radical (unpaired) electrons. The van der Waals surface area contributed by atoms with Crippen molar-refractivity contribution in [2.45, 2.75) is 5.16 Å². The summed E-state index contributed by atoms with van der Waals surface area (Å²) in [5, 5.41) is 17.7. The second-order valence-electron chi connectivity index (χ2n) is 3.93. The SMILES string of the molecule is Cn1c2ccc(F)cc2c2nnc(SCC#N)nc21. The molecule has 0 saturated heterocycles. The van der Waals surface area contributed by atoms with Gasteiger partial charge < -0.3 is 4.57 Å². The van der Waals surface area contributed by atoms with Gasteiger partial charge in [0.2, 0.25) is 5.16 Å². The van der Waals surface area contributed by atoms with Crippen LogP contribution in [0.4, 0.5) is 4.39 Å². The number of rotatable bonds is 2. The molecule has 1 aromatic carbocycles. The quantitative estimate of drug-likeness (QED) is 0.670. The molecule has 0 amide bonds. The Balaban J connectivity index is 2.26. The topological polar surface area (TPSA) is 67.4 Å². The third-order valence-corrected chi connectivity index (χ3v) is 3.51. The summed E-state index contributed by atoms with van der Waals surface area (Å²) in [7, 11) is 1.84. The van der Waals surface area contributed by atoms with E-state index in [0.717, 1.165) is 5.52 Å². The molecule has 0 aliphatic heterocycles. The number of hydrogen-bond donors (Lipinski definition) is 0. The maximum atomic E-state index is 13.3. The van der Waals surface area contributed by atoms with Gasteiger partial charge in [0.1, 0.15) is 11.3 Å². The fourth-order valence-electron chi connectivity index (χ4n) is 1.97. The van der Waals surface area contributed by atoms with Crippen LogP contribution in [0.1, 0.15) is 0 Å². The van der Waals surface area contributed by atoms with E-state index in [1.165, 1.54) is 23.9 Å². The van der Waals surface area contributed by atoms with Crippen LogP contribution in [-0.4, -0.2) is 25.5 Å². The van der Waals surface area contributed by atoms with Crippen LogP contribution >= 0.6 is 11.8 Å². The molecule has 0 fully saturated rings. The van der Waals surface area contributed by atoms with Gasteiger partial charge in [-0.15, -0.1) is 10.2 Å². The zero-order chi connectivity index (χ0) is 13.4. The van der Waals surface area contributed by atoms with Crippen LogP contribution in [0.15, 0.2) is 23.4 Å². The maximum Gasteiger partial charge on any atom is 0.212 e. The van der Waals surface area contributed by atoms with Gasteiger partial charge in [-0.2, -0.15) is 5.26 Å². The molecule has 2 aromatic heterocycles. The first kappa shape index (κ1) is 11.9. The summed E-state index contributed by atoms with van der Waals surface area (Å²) < 4.78 is 15.1. The van der Waals surface area contributed by atoms with Gasteiger partial charge in [-0.05, 0) is 18.2 Å². The Bertz CT molecular complexity index is 820. The van der Waals surface area contributed by atoms with Gasteiger partial charge in [-0.1, -0.05) is 11.8 Å². The molecule has 3 rings (SSSR count). The molecule has 0 unspecified atom stereocenters. The molecule has 94 valence electrons. The molecule has 19 heavy (non-hydrogen) atoms. The first-order valence-electron chi connectivity index (χ1n) is 5.49. The first-order chi connectivity index (χ1) is 9.20. The lowest BCUT2D eigenvalue weighted by Gasteiger charge is -1.97. The summed E-state index contributed by atoms with van der Waals surface area (Å²) >= 11 is 1.22. The van der Waals surface area contributed by atoms with Crippen molar-refractivity contribution in [1.29, 1.82) is 5.26 Å². The Morgan fingerprint density at radius 1 is 1.42 bits per heavy atom. The van der Waals surface area contributed by atoms with Crippen molar-refractivity contribution in [3.63, 3.8) is 0 Å². The molecule has 0 saturated carbocycles. The molecule has 5 nitrogen and oxygen atoms in total. The van der Waals surface area contributed by atoms with Crippen LogP contribution in [0, 0.1) is 17.1 Å². The number of nitrogens with zero attached hydrogens (tertiary/aromatic N) is 5. The highest BCUT2D eigenvalue weighted by Gasteiger charge is 2.13. The van der Waals surface area contributed by atoms with Crippen LogP contribution in [0.2, 0.25) is 0 Å². The number of fused-ring (bicyclic) bond motifs is 3. The number of aryl methyl sites for hydroxylation is 1. The zero-order valence-electron chi connectivity index (χ0n) is 9.96. The minimum atomic E-state index is -0.315. The van der Waals surface area contributed by atoms with Gasteiger partial charge in [0.15, 0.2) is 5.65 Å². The maximum absolute atomic E-state index is 13.3. The minimum absolute atomic E-state index is 0.270. The lowest BCUT2D eigenvalue weighted by molar-refractivity contribution is 0.629. The van der Waals surface area contributed by atoms with Crippen molar-refractivity contribution in [1.82, 2.24) is 19.7 Å². The standard InChI is InChI=1S/C12H8FN5S/c1-18-9-3-2-7(13)6-8(9)10-11(18)15-12(17-16-10)19-5-4-14/h2-3,6H,5H2,1H3. The summed E-state index contributed by atoms with van der Waals surface area (Å²) in [6.07, 6.45) is 0. The van der Waals surface area contributed by atoms with Gasteiger partial charge in [0.05, 0.1) is 17.3 Å². The number of aromatic nitrogens is 4. The van der Waals surface area contributed by atoms with Crippen molar-refractivity contribution < 1.29 is 4.39 Å². The third kappa shape index (κ3) is 1.90. The van der Waals surface area contributed by atoms with E-state index in [1.807, 2.05) is 17.7 Å². The fourth-order valence-corrected chi connectivity index (χ4v) is 2.42. The highest BCUT2D eigenvalue weighted by Crippen LogP contribution is 2.26.